The van der Waals surface area contributed by atoms with E-state index in [1.54, 1.807) is 0 Å². The van der Waals surface area contributed by atoms with Crippen molar-refractivity contribution >= 4 is 17.0 Å². The molecule has 2 aromatic rings. The first kappa shape index (κ1) is 13.0. The first-order valence-corrected chi connectivity index (χ1v) is 5.53. The molecule has 0 aliphatic heterocycles. The fraction of sp³-hybridized carbons (Fsp3) is 0.250. The number of ether oxygens (including phenoxy) is 1. The molecule has 0 aliphatic carbocycles. The fourth-order valence-electron chi connectivity index (χ4n) is 1.82. The number of H-pyrrole nitrogens is 1. The Morgan fingerprint density at radius 2 is 2.16 bits per heavy atom. The average Bonchev–Trinajstić information content (AvgIpc) is 2.38. The maximum atomic E-state index is 11.8. The maximum Gasteiger partial charge on any atom is 0.335 e. The smallest absolute Gasteiger partial charge is 0.335 e. The molecule has 19 heavy (non-hydrogen) atoms. The van der Waals surface area contributed by atoms with Gasteiger partial charge in [0, 0.05) is 13.7 Å². The highest BCUT2D eigenvalue weighted by Crippen LogP contribution is 2.11. The van der Waals surface area contributed by atoms with E-state index in [1.165, 1.54) is 29.9 Å². The molecule has 0 bridgehead atoms. The van der Waals surface area contributed by atoms with Crippen molar-refractivity contribution in [2.45, 2.75) is 6.54 Å². The van der Waals surface area contributed by atoms with Crippen molar-refractivity contribution in [2.24, 2.45) is 0 Å². The molecule has 0 amide bonds. The lowest BCUT2D eigenvalue weighted by molar-refractivity contribution is 0.0697. The summed E-state index contributed by atoms with van der Waals surface area (Å²) >= 11 is 0. The third-order valence-electron chi connectivity index (χ3n) is 2.74. The second-order valence-electron chi connectivity index (χ2n) is 3.94. The molecule has 0 saturated carbocycles. The van der Waals surface area contributed by atoms with Gasteiger partial charge in [0.15, 0.2) is 0 Å². The molecule has 0 radical (unpaired) electrons. The predicted molar refractivity (Wildman–Crippen MR) is 67.7 cm³/mol. The molecule has 1 aromatic carbocycles. The van der Waals surface area contributed by atoms with Crippen LogP contribution in [0, 0.1) is 0 Å². The van der Waals surface area contributed by atoms with Crippen molar-refractivity contribution in [1.29, 1.82) is 0 Å². The SMILES string of the molecule is COCCn1c(=O)c(=O)[nH]c2cc(C(=O)O)ccc21. The highest BCUT2D eigenvalue weighted by atomic mass is 16.5. The van der Waals surface area contributed by atoms with E-state index < -0.39 is 17.1 Å². The monoisotopic (exact) mass is 264 g/mol. The van der Waals surface area contributed by atoms with Crippen LogP contribution in [0.5, 0.6) is 0 Å². The van der Waals surface area contributed by atoms with Gasteiger partial charge in [-0.25, -0.2) is 4.79 Å². The van der Waals surface area contributed by atoms with Gasteiger partial charge >= 0.3 is 17.1 Å². The molecular weight excluding hydrogens is 252 g/mol. The number of rotatable bonds is 4. The van der Waals surface area contributed by atoms with Gasteiger partial charge in [-0.2, -0.15) is 0 Å². The van der Waals surface area contributed by atoms with E-state index in [0.717, 1.165) is 0 Å². The zero-order valence-electron chi connectivity index (χ0n) is 10.2. The number of hydrogen-bond acceptors (Lipinski definition) is 4. The van der Waals surface area contributed by atoms with E-state index in [1.807, 2.05) is 0 Å². The van der Waals surface area contributed by atoms with Crippen LogP contribution in [0.25, 0.3) is 11.0 Å². The van der Waals surface area contributed by atoms with E-state index in [9.17, 15) is 14.4 Å². The molecule has 0 unspecified atom stereocenters. The van der Waals surface area contributed by atoms with Crippen LogP contribution in [-0.4, -0.2) is 34.3 Å². The third kappa shape index (κ3) is 2.41. The summed E-state index contributed by atoms with van der Waals surface area (Å²) in [5.41, 5.74) is -0.661. The van der Waals surface area contributed by atoms with E-state index in [-0.39, 0.29) is 18.7 Å². The predicted octanol–water partition coefficient (Wildman–Crippen LogP) is 0.0344. The normalized spacial score (nSPS) is 10.8. The molecule has 0 atom stereocenters. The number of aromatic carboxylic acids is 1. The molecule has 2 N–H and O–H groups in total. The van der Waals surface area contributed by atoms with Crippen molar-refractivity contribution in [2.75, 3.05) is 13.7 Å². The van der Waals surface area contributed by atoms with Gasteiger partial charge in [0.2, 0.25) is 0 Å². The van der Waals surface area contributed by atoms with Gasteiger partial charge in [0.1, 0.15) is 0 Å². The Kier molecular flexibility index (Phi) is 3.48. The van der Waals surface area contributed by atoms with Crippen LogP contribution in [-0.2, 0) is 11.3 Å². The van der Waals surface area contributed by atoms with Crippen LogP contribution in [0.3, 0.4) is 0 Å². The average molecular weight is 264 g/mol. The highest BCUT2D eigenvalue weighted by molar-refractivity contribution is 5.92. The van der Waals surface area contributed by atoms with Gasteiger partial charge in [0.25, 0.3) is 0 Å². The Hall–Kier alpha value is -2.41. The number of carboxylic acids is 1. The number of fused-ring (bicyclic) bond motifs is 1. The number of methoxy groups -OCH3 is 1. The Balaban J connectivity index is 2.72. The largest absolute Gasteiger partial charge is 0.478 e. The van der Waals surface area contributed by atoms with Gasteiger partial charge in [-0.1, -0.05) is 0 Å². The summed E-state index contributed by atoms with van der Waals surface area (Å²) in [5, 5.41) is 8.90. The van der Waals surface area contributed by atoms with Crippen LogP contribution < -0.4 is 11.1 Å². The van der Waals surface area contributed by atoms with E-state index >= 15 is 0 Å². The van der Waals surface area contributed by atoms with Crippen molar-refractivity contribution in [3.8, 4) is 0 Å². The van der Waals surface area contributed by atoms with Crippen molar-refractivity contribution in [3.63, 3.8) is 0 Å². The molecule has 1 aromatic heterocycles. The Morgan fingerprint density at radius 1 is 1.42 bits per heavy atom. The summed E-state index contributed by atoms with van der Waals surface area (Å²) in [7, 11) is 1.49. The van der Waals surface area contributed by atoms with Crippen LogP contribution >= 0.6 is 0 Å². The summed E-state index contributed by atoms with van der Waals surface area (Å²) < 4.78 is 6.15. The van der Waals surface area contributed by atoms with Crippen LogP contribution in [0.4, 0.5) is 0 Å². The van der Waals surface area contributed by atoms with Gasteiger partial charge in [-0.3, -0.25) is 14.2 Å². The van der Waals surface area contributed by atoms with Crippen LogP contribution in [0.1, 0.15) is 10.4 Å². The number of carbonyl (C=O) groups is 1. The molecule has 1 heterocycles. The standard InChI is InChI=1S/C12H12N2O5/c1-19-5-4-14-9-3-2-7(12(17)18)6-8(9)13-10(15)11(14)16/h2-3,6H,4-5H2,1H3,(H,13,15)(H,17,18). The Labute approximate surface area is 107 Å². The number of aromatic nitrogens is 2. The van der Waals surface area contributed by atoms with E-state index in [0.29, 0.717) is 11.0 Å². The molecule has 0 fully saturated rings. The summed E-state index contributed by atoms with van der Waals surface area (Å²) in [4.78, 5) is 36.5. The minimum absolute atomic E-state index is 0.0418. The third-order valence-corrected chi connectivity index (χ3v) is 2.74. The second-order valence-corrected chi connectivity index (χ2v) is 3.94. The lowest BCUT2D eigenvalue weighted by Gasteiger charge is -2.09. The number of nitrogens with zero attached hydrogens (tertiary/aromatic N) is 1. The minimum Gasteiger partial charge on any atom is -0.478 e. The van der Waals surface area contributed by atoms with Gasteiger partial charge in [0.05, 0.1) is 23.2 Å². The van der Waals surface area contributed by atoms with Crippen molar-refractivity contribution in [3.05, 3.63) is 44.5 Å². The van der Waals surface area contributed by atoms with Crippen molar-refractivity contribution < 1.29 is 14.6 Å². The lowest BCUT2D eigenvalue weighted by atomic mass is 10.2. The number of aromatic amines is 1. The summed E-state index contributed by atoms with van der Waals surface area (Å²) in [6, 6.07) is 4.19. The van der Waals surface area contributed by atoms with Gasteiger partial charge in [-0.05, 0) is 18.2 Å². The number of benzene rings is 1. The quantitative estimate of drug-likeness (QED) is 0.759. The molecule has 0 saturated heterocycles. The Bertz CT molecular complexity index is 744. The number of hydrogen-bond donors (Lipinski definition) is 2. The van der Waals surface area contributed by atoms with Crippen molar-refractivity contribution in [1.82, 2.24) is 9.55 Å². The van der Waals surface area contributed by atoms with E-state index in [4.69, 9.17) is 9.84 Å². The molecule has 7 heteroatoms. The van der Waals surface area contributed by atoms with Crippen LogP contribution in [0.2, 0.25) is 0 Å². The highest BCUT2D eigenvalue weighted by Gasteiger charge is 2.10. The van der Waals surface area contributed by atoms with Gasteiger partial charge < -0.3 is 14.8 Å². The summed E-state index contributed by atoms with van der Waals surface area (Å²) in [6.07, 6.45) is 0. The summed E-state index contributed by atoms with van der Waals surface area (Å²) in [6.45, 7) is 0.501. The van der Waals surface area contributed by atoms with Crippen LogP contribution in [0.15, 0.2) is 27.8 Å². The Morgan fingerprint density at radius 3 is 2.79 bits per heavy atom. The molecule has 0 spiro atoms. The summed E-state index contributed by atoms with van der Waals surface area (Å²) in [5.74, 6) is -1.10. The first-order valence-electron chi connectivity index (χ1n) is 5.53. The zero-order valence-corrected chi connectivity index (χ0v) is 10.2. The second kappa shape index (κ2) is 5.07. The molecule has 7 nitrogen and oxygen atoms in total. The lowest BCUT2D eigenvalue weighted by Crippen LogP contribution is -2.37. The number of carboxylic acid groups (broad SMARTS) is 1. The molecular formula is C12H12N2O5. The number of nitrogens with one attached hydrogen (secondary N) is 1. The zero-order chi connectivity index (χ0) is 14.0. The maximum absolute atomic E-state index is 11.8. The van der Waals surface area contributed by atoms with Gasteiger partial charge in [-0.15, -0.1) is 0 Å². The minimum atomic E-state index is -1.10. The molecule has 100 valence electrons. The molecule has 0 aliphatic rings. The van der Waals surface area contributed by atoms with E-state index in [2.05, 4.69) is 4.98 Å². The molecule has 2 rings (SSSR count). The topological polar surface area (TPSA) is 101 Å². The fourth-order valence-corrected chi connectivity index (χ4v) is 1.82. The first-order chi connectivity index (χ1) is 9.04.